The van der Waals surface area contributed by atoms with Crippen molar-refractivity contribution in [2.24, 2.45) is 22.2 Å². The predicted molar refractivity (Wildman–Crippen MR) is 122 cm³/mol. The van der Waals surface area contributed by atoms with Gasteiger partial charge in [0, 0.05) is 17.9 Å². The van der Waals surface area contributed by atoms with Gasteiger partial charge in [0.1, 0.15) is 0 Å². The number of allylic oxidation sites excluding steroid dienone is 2. The molecule has 5 nitrogen and oxygen atoms in total. The minimum absolute atomic E-state index is 0.0131. The summed E-state index contributed by atoms with van der Waals surface area (Å²) in [6.07, 6.45) is 13.8. The van der Waals surface area contributed by atoms with Gasteiger partial charge in [0.25, 0.3) is 0 Å². The molecule has 1 amide bonds. The van der Waals surface area contributed by atoms with Crippen LogP contribution in [0.4, 0.5) is 0 Å². The Morgan fingerprint density at radius 2 is 2.00 bits per heavy atom. The number of carbonyl (C=O) groups excluding carboxylic acids is 1. The molecule has 162 valence electrons. The Bertz CT molecular complexity index is 837. The normalized spacial score (nSPS) is 36.3. The maximum Gasteiger partial charge on any atom is 0.249 e. The molecule has 0 radical (unpaired) electrons. The Hall–Kier alpha value is -0.410. The highest BCUT2D eigenvalue weighted by atomic mass is 127. The monoisotopic (exact) mass is 533 g/mol. The molecular weight excluding hydrogens is 501 g/mol. The van der Waals surface area contributed by atoms with Crippen molar-refractivity contribution in [3.05, 3.63) is 24.3 Å². The average Bonchev–Trinajstić information content (AvgIpc) is 3.14. The van der Waals surface area contributed by atoms with E-state index in [9.17, 15) is 13.2 Å². The third kappa shape index (κ3) is 3.25. The molecule has 4 aliphatic rings. The van der Waals surface area contributed by atoms with Gasteiger partial charge in [-0.15, -0.1) is 0 Å². The second-order valence-electron chi connectivity index (χ2n) is 9.97. The quantitative estimate of drug-likeness (QED) is 0.293. The number of fused-ring (bicyclic) bond motifs is 1. The van der Waals surface area contributed by atoms with E-state index in [1.165, 1.54) is 4.31 Å². The summed E-state index contributed by atoms with van der Waals surface area (Å²) in [6.45, 7) is 5.00. The first-order valence-corrected chi connectivity index (χ1v) is 13.5. The minimum atomic E-state index is -3.55. The Morgan fingerprint density at radius 3 is 2.62 bits per heavy atom. The predicted octanol–water partition coefficient (Wildman–Crippen LogP) is 4.09. The van der Waals surface area contributed by atoms with Gasteiger partial charge in [0.05, 0.1) is 22.3 Å². The Morgan fingerprint density at radius 1 is 1.31 bits per heavy atom. The van der Waals surface area contributed by atoms with Gasteiger partial charge in [-0.1, -0.05) is 60.7 Å². The summed E-state index contributed by atoms with van der Waals surface area (Å²) < 4.78 is 32.6. The Labute approximate surface area is 188 Å². The minimum Gasteiger partial charge on any atom is -0.383 e. The van der Waals surface area contributed by atoms with E-state index < -0.39 is 10.0 Å². The molecule has 0 aromatic carbocycles. The highest BCUT2D eigenvalue weighted by molar-refractivity contribution is 14.1. The van der Waals surface area contributed by atoms with Gasteiger partial charge in [0.2, 0.25) is 15.9 Å². The van der Waals surface area contributed by atoms with E-state index in [0.717, 1.165) is 32.1 Å². The fourth-order valence-electron chi connectivity index (χ4n) is 6.58. The first-order chi connectivity index (χ1) is 13.6. The molecule has 2 saturated carbocycles. The lowest BCUT2D eigenvalue weighted by Crippen LogP contribution is -2.46. The molecule has 3 fully saturated rings. The van der Waals surface area contributed by atoms with Gasteiger partial charge in [0.15, 0.2) is 0 Å². The first-order valence-electron chi connectivity index (χ1n) is 10.6. The molecule has 0 N–H and O–H groups in total. The molecule has 7 heteroatoms. The number of sulfonamides is 1. The number of ether oxygens (including phenoxy) is 1. The molecule has 4 rings (SSSR count). The number of hydrogen-bond donors (Lipinski definition) is 0. The second-order valence-corrected chi connectivity index (χ2v) is 13.3. The lowest BCUT2D eigenvalue weighted by molar-refractivity contribution is -0.128. The van der Waals surface area contributed by atoms with Gasteiger partial charge in [-0.05, 0) is 49.9 Å². The van der Waals surface area contributed by atoms with Crippen LogP contribution in [0.1, 0.15) is 52.4 Å². The van der Waals surface area contributed by atoms with Crippen molar-refractivity contribution < 1.29 is 17.9 Å². The summed E-state index contributed by atoms with van der Waals surface area (Å²) in [5, 5.41) is 0. The first kappa shape index (κ1) is 21.8. The van der Waals surface area contributed by atoms with E-state index in [4.69, 9.17) is 4.74 Å². The molecule has 1 aliphatic heterocycles. The van der Waals surface area contributed by atoms with Crippen LogP contribution in [0.2, 0.25) is 0 Å². The standard InChI is InChI=1S/C22H32INO4S/c1-20(2)16-7-12-22(20)15-29(26,27)24(18(22)13-16)19(25)17(23)8-11-21(14-28-3)9-5-4-6-10-21/h5-6,9-10,16-18H,4,7-8,11-15H2,1-3H3/t16-,17?,18-,22-/m1/s1. The van der Waals surface area contributed by atoms with E-state index in [2.05, 4.69) is 60.7 Å². The molecule has 3 aliphatic carbocycles. The van der Waals surface area contributed by atoms with Crippen molar-refractivity contribution in [1.82, 2.24) is 4.31 Å². The van der Waals surface area contributed by atoms with Crippen LogP contribution in [0.3, 0.4) is 0 Å². The van der Waals surface area contributed by atoms with Crippen LogP contribution in [0, 0.1) is 22.2 Å². The number of halogens is 1. The van der Waals surface area contributed by atoms with Crippen LogP contribution >= 0.6 is 22.6 Å². The molecule has 1 unspecified atom stereocenters. The summed E-state index contributed by atoms with van der Waals surface area (Å²) in [5.41, 5.74) is -0.467. The molecule has 1 saturated heterocycles. The smallest absolute Gasteiger partial charge is 0.249 e. The topological polar surface area (TPSA) is 63.7 Å². The fourth-order valence-corrected chi connectivity index (χ4v) is 9.96. The van der Waals surface area contributed by atoms with Crippen LogP contribution < -0.4 is 0 Å². The van der Waals surface area contributed by atoms with E-state index in [0.29, 0.717) is 18.9 Å². The largest absolute Gasteiger partial charge is 0.383 e. The lowest BCUT2D eigenvalue weighted by atomic mass is 9.69. The van der Waals surface area contributed by atoms with Crippen LogP contribution in [0.15, 0.2) is 24.3 Å². The van der Waals surface area contributed by atoms with E-state index >= 15 is 0 Å². The number of methoxy groups -OCH3 is 1. The number of carbonyl (C=O) groups is 1. The zero-order valence-corrected chi connectivity index (χ0v) is 20.5. The molecule has 0 aromatic rings. The third-order valence-corrected chi connectivity index (χ3v) is 11.4. The van der Waals surface area contributed by atoms with E-state index in [1.807, 2.05) is 0 Å². The number of rotatable bonds is 6. The maximum absolute atomic E-state index is 13.4. The van der Waals surface area contributed by atoms with Crippen molar-refractivity contribution in [2.45, 2.75) is 62.3 Å². The molecule has 29 heavy (non-hydrogen) atoms. The van der Waals surface area contributed by atoms with Crippen LogP contribution in [0.25, 0.3) is 0 Å². The number of alkyl halides is 1. The summed E-state index contributed by atoms with van der Waals surface area (Å²) in [7, 11) is -1.86. The van der Waals surface area contributed by atoms with E-state index in [1.54, 1.807) is 7.11 Å². The number of nitrogens with zero attached hydrogens (tertiary/aromatic N) is 1. The maximum atomic E-state index is 13.4. The van der Waals surface area contributed by atoms with Crippen molar-refractivity contribution in [3.63, 3.8) is 0 Å². The fraction of sp³-hybridized carbons (Fsp3) is 0.773. The second kappa shape index (κ2) is 7.33. The highest BCUT2D eigenvalue weighted by Crippen LogP contribution is 2.70. The number of amides is 1. The van der Waals surface area contributed by atoms with Crippen molar-refractivity contribution >= 4 is 38.5 Å². The van der Waals surface area contributed by atoms with E-state index in [-0.39, 0.29) is 37.9 Å². The van der Waals surface area contributed by atoms with Crippen molar-refractivity contribution in [1.29, 1.82) is 0 Å². The summed E-state index contributed by atoms with van der Waals surface area (Å²) >= 11 is 2.15. The van der Waals surface area contributed by atoms with Crippen LogP contribution in [0.5, 0.6) is 0 Å². The zero-order valence-electron chi connectivity index (χ0n) is 17.6. The summed E-state index contributed by atoms with van der Waals surface area (Å²) in [6, 6.07) is -0.145. The van der Waals surface area contributed by atoms with Gasteiger partial charge in [-0.2, -0.15) is 0 Å². The third-order valence-electron chi connectivity index (χ3n) is 8.34. The zero-order chi connectivity index (χ0) is 21.1. The van der Waals surface area contributed by atoms with Gasteiger partial charge < -0.3 is 4.74 Å². The van der Waals surface area contributed by atoms with Gasteiger partial charge in [-0.3, -0.25) is 4.79 Å². The molecule has 0 aromatic heterocycles. The van der Waals surface area contributed by atoms with Crippen molar-refractivity contribution in [2.75, 3.05) is 19.5 Å². The highest BCUT2D eigenvalue weighted by Gasteiger charge is 2.72. The lowest BCUT2D eigenvalue weighted by Gasteiger charge is -2.37. The van der Waals surface area contributed by atoms with Crippen LogP contribution in [-0.2, 0) is 19.6 Å². The van der Waals surface area contributed by atoms with Gasteiger partial charge in [-0.25, -0.2) is 12.7 Å². The number of hydrogen-bond acceptors (Lipinski definition) is 4. The Kier molecular flexibility index (Phi) is 5.51. The Balaban J connectivity index is 1.51. The summed E-state index contributed by atoms with van der Waals surface area (Å²) in [5.74, 6) is 0.447. The van der Waals surface area contributed by atoms with Gasteiger partial charge >= 0.3 is 0 Å². The average molecular weight is 533 g/mol. The molecule has 1 heterocycles. The molecule has 2 bridgehead atoms. The van der Waals surface area contributed by atoms with Crippen LogP contribution in [-0.4, -0.2) is 48.1 Å². The SMILES string of the molecule is COCC1(CCC(I)C(=O)N2[C@@H]3C[C@H]4CC[C@]3(CS2(=O)=O)C4(C)C)C=CCC=C1. The molecular formula is C22H32INO4S. The van der Waals surface area contributed by atoms with Crippen molar-refractivity contribution in [3.8, 4) is 0 Å². The summed E-state index contributed by atoms with van der Waals surface area (Å²) in [4.78, 5) is 13.4. The molecule has 1 spiro atoms. The molecule has 4 atom stereocenters.